The van der Waals surface area contributed by atoms with E-state index in [1.165, 1.54) is 7.11 Å². The maximum Gasteiger partial charge on any atom is 0.255 e. The summed E-state index contributed by atoms with van der Waals surface area (Å²) in [5.74, 6) is -0.0765. The van der Waals surface area contributed by atoms with Gasteiger partial charge in [-0.1, -0.05) is 11.6 Å². The summed E-state index contributed by atoms with van der Waals surface area (Å²) in [7, 11) is 3.03. The number of rotatable bonds is 8. The topological polar surface area (TPSA) is 103 Å². The highest BCUT2D eigenvalue weighted by atomic mass is 35.5. The van der Waals surface area contributed by atoms with Crippen molar-refractivity contribution in [1.82, 2.24) is 10.6 Å². The fourth-order valence-electron chi connectivity index (χ4n) is 1.57. The molecule has 0 bridgehead atoms. The molecule has 0 atom stereocenters. The van der Waals surface area contributed by atoms with E-state index in [0.29, 0.717) is 17.3 Å². The third kappa shape index (κ3) is 5.49. The van der Waals surface area contributed by atoms with Crippen molar-refractivity contribution >= 4 is 23.4 Å². The number of carbonyl (C=O) groups is 2. The molecule has 0 saturated heterocycles. The van der Waals surface area contributed by atoms with Gasteiger partial charge in [0.25, 0.3) is 5.91 Å². The smallest absolute Gasteiger partial charge is 0.255 e. The van der Waals surface area contributed by atoms with Crippen molar-refractivity contribution in [2.45, 2.75) is 6.54 Å². The molecule has 0 unspecified atom stereocenters. The minimum atomic E-state index is -0.607. The molecule has 7 nitrogen and oxygen atoms in total. The van der Waals surface area contributed by atoms with E-state index in [1.54, 1.807) is 19.2 Å². The van der Waals surface area contributed by atoms with E-state index >= 15 is 0 Å². The lowest BCUT2D eigenvalue weighted by molar-refractivity contribution is -0.120. The molecule has 0 aromatic heterocycles. The summed E-state index contributed by atoms with van der Waals surface area (Å²) in [5.41, 5.74) is 5.84. The first-order valence-corrected chi connectivity index (χ1v) is 6.54. The number of methoxy groups -OCH3 is 1. The lowest BCUT2D eigenvalue weighted by atomic mass is 10.2. The van der Waals surface area contributed by atoms with Crippen LogP contribution in [0.2, 0.25) is 5.02 Å². The van der Waals surface area contributed by atoms with Crippen molar-refractivity contribution in [1.29, 1.82) is 0 Å². The maximum absolute atomic E-state index is 11.1. The van der Waals surface area contributed by atoms with Crippen molar-refractivity contribution in [2.24, 2.45) is 5.73 Å². The zero-order chi connectivity index (χ0) is 15.8. The average Bonchev–Trinajstić information content (AvgIpc) is 2.45. The lowest BCUT2D eigenvalue weighted by Crippen LogP contribution is -2.30. The van der Waals surface area contributed by atoms with E-state index < -0.39 is 5.91 Å². The number of nitrogens with two attached hydrogens (primary N) is 1. The molecular formula is C13H18ClN3O4. The van der Waals surface area contributed by atoms with Gasteiger partial charge in [-0.15, -0.1) is 0 Å². The molecule has 0 aliphatic rings. The van der Waals surface area contributed by atoms with E-state index in [-0.39, 0.29) is 24.8 Å². The predicted molar refractivity (Wildman–Crippen MR) is 78.5 cm³/mol. The van der Waals surface area contributed by atoms with Crippen LogP contribution in [0.1, 0.15) is 5.56 Å². The van der Waals surface area contributed by atoms with Crippen molar-refractivity contribution < 1.29 is 19.1 Å². The molecule has 0 saturated carbocycles. The normalized spacial score (nSPS) is 10.0. The number of ether oxygens (including phenoxy) is 2. The van der Waals surface area contributed by atoms with Gasteiger partial charge in [0, 0.05) is 13.6 Å². The number of primary amides is 1. The second kappa shape index (κ2) is 8.33. The standard InChI is InChI=1S/C13H18ClN3O4/c1-16-12(19)6-17-5-8-3-9(14)13(10(4-8)20-2)21-7-11(15)18/h3-4,17H,5-7H2,1-2H3,(H2,15,18)(H,16,19). The molecule has 2 amide bonds. The van der Waals surface area contributed by atoms with Crippen molar-refractivity contribution in [3.8, 4) is 11.5 Å². The Balaban J connectivity index is 2.78. The number of nitrogens with one attached hydrogen (secondary N) is 2. The minimum absolute atomic E-state index is 0.116. The van der Waals surface area contributed by atoms with Crippen molar-refractivity contribution in [3.05, 3.63) is 22.7 Å². The molecule has 0 heterocycles. The molecule has 21 heavy (non-hydrogen) atoms. The van der Waals surface area contributed by atoms with Gasteiger partial charge in [-0.3, -0.25) is 9.59 Å². The van der Waals surface area contributed by atoms with Gasteiger partial charge in [-0.2, -0.15) is 0 Å². The third-order valence-electron chi connectivity index (χ3n) is 2.54. The highest BCUT2D eigenvalue weighted by Gasteiger charge is 2.13. The molecule has 0 spiro atoms. The predicted octanol–water partition coefficient (Wildman–Crippen LogP) is 0.0483. The highest BCUT2D eigenvalue weighted by Crippen LogP contribution is 2.36. The fraction of sp³-hybridized carbons (Fsp3) is 0.385. The van der Waals surface area contributed by atoms with Crippen molar-refractivity contribution in [2.75, 3.05) is 27.3 Å². The monoisotopic (exact) mass is 315 g/mol. The highest BCUT2D eigenvalue weighted by molar-refractivity contribution is 6.32. The first kappa shape index (κ1) is 17.1. The van der Waals surface area contributed by atoms with Crippen LogP contribution in [0.15, 0.2) is 12.1 Å². The van der Waals surface area contributed by atoms with E-state index in [1.807, 2.05) is 0 Å². The van der Waals surface area contributed by atoms with Gasteiger partial charge >= 0.3 is 0 Å². The molecule has 4 N–H and O–H groups in total. The molecule has 1 rings (SSSR count). The molecule has 1 aromatic rings. The van der Waals surface area contributed by atoms with Crippen LogP contribution in [-0.2, 0) is 16.1 Å². The first-order chi connectivity index (χ1) is 9.97. The molecule has 0 aliphatic heterocycles. The number of hydrogen-bond acceptors (Lipinski definition) is 5. The number of amides is 2. The largest absolute Gasteiger partial charge is 0.493 e. The molecule has 1 aromatic carbocycles. The molecular weight excluding hydrogens is 298 g/mol. The number of benzene rings is 1. The summed E-state index contributed by atoms with van der Waals surface area (Å²) in [4.78, 5) is 21.9. The van der Waals surface area contributed by atoms with E-state index in [9.17, 15) is 9.59 Å². The van der Waals surface area contributed by atoms with Crippen LogP contribution >= 0.6 is 11.6 Å². The van der Waals surface area contributed by atoms with Crippen LogP contribution < -0.4 is 25.8 Å². The van der Waals surface area contributed by atoms with Crippen LogP contribution in [0.5, 0.6) is 11.5 Å². The molecule has 0 aliphatic carbocycles. The second-order valence-corrected chi connectivity index (χ2v) is 4.55. The Bertz CT molecular complexity index is 522. The first-order valence-electron chi connectivity index (χ1n) is 6.16. The zero-order valence-electron chi connectivity index (χ0n) is 11.9. The van der Waals surface area contributed by atoms with E-state index in [0.717, 1.165) is 5.56 Å². The van der Waals surface area contributed by atoms with Crippen molar-refractivity contribution in [3.63, 3.8) is 0 Å². The summed E-state index contributed by atoms with van der Waals surface area (Å²) < 4.78 is 10.4. The van der Waals surface area contributed by atoms with Crippen LogP contribution in [0, 0.1) is 0 Å². The van der Waals surface area contributed by atoms with Gasteiger partial charge in [0.05, 0.1) is 18.7 Å². The Hall–Kier alpha value is -1.99. The van der Waals surface area contributed by atoms with Gasteiger partial charge in [-0.25, -0.2) is 0 Å². The molecule has 0 radical (unpaired) electrons. The van der Waals surface area contributed by atoms with E-state index in [2.05, 4.69) is 10.6 Å². The Morgan fingerprint density at radius 3 is 2.67 bits per heavy atom. The van der Waals surface area contributed by atoms with Crippen LogP contribution in [-0.4, -0.2) is 39.1 Å². The Morgan fingerprint density at radius 2 is 2.10 bits per heavy atom. The SMILES string of the molecule is CNC(=O)CNCc1cc(Cl)c(OCC(N)=O)c(OC)c1. The Kier molecular flexibility index (Phi) is 6.77. The lowest BCUT2D eigenvalue weighted by Gasteiger charge is -2.13. The molecule has 8 heteroatoms. The van der Waals surface area contributed by atoms with Gasteiger partial charge in [0.2, 0.25) is 5.91 Å². The van der Waals surface area contributed by atoms with Gasteiger partial charge in [-0.05, 0) is 17.7 Å². The fourth-order valence-corrected chi connectivity index (χ4v) is 1.86. The minimum Gasteiger partial charge on any atom is -0.493 e. The van der Waals surface area contributed by atoms with Gasteiger partial charge < -0.3 is 25.8 Å². The zero-order valence-corrected chi connectivity index (χ0v) is 12.6. The summed E-state index contributed by atoms with van der Waals surface area (Å²) in [5, 5.41) is 5.76. The van der Waals surface area contributed by atoms with Crippen LogP contribution in [0.4, 0.5) is 0 Å². The second-order valence-electron chi connectivity index (χ2n) is 4.14. The van der Waals surface area contributed by atoms with Gasteiger partial charge in [0.1, 0.15) is 0 Å². The van der Waals surface area contributed by atoms with E-state index in [4.69, 9.17) is 26.8 Å². The van der Waals surface area contributed by atoms with Crippen LogP contribution in [0.25, 0.3) is 0 Å². The van der Waals surface area contributed by atoms with Gasteiger partial charge in [0.15, 0.2) is 18.1 Å². The van der Waals surface area contributed by atoms with Crippen LogP contribution in [0.3, 0.4) is 0 Å². The average molecular weight is 316 g/mol. The Labute approximate surface area is 127 Å². The summed E-state index contributed by atoms with van der Waals surface area (Å²) in [6.45, 7) is 0.334. The Morgan fingerprint density at radius 1 is 1.38 bits per heavy atom. The summed E-state index contributed by atoms with van der Waals surface area (Å²) >= 11 is 6.10. The maximum atomic E-state index is 11.1. The summed E-state index contributed by atoms with van der Waals surface area (Å²) in [6.07, 6.45) is 0. The summed E-state index contributed by atoms with van der Waals surface area (Å²) in [6, 6.07) is 3.37. The number of carbonyl (C=O) groups excluding carboxylic acids is 2. The quantitative estimate of drug-likeness (QED) is 0.629. The number of halogens is 1. The number of likely N-dealkylation sites (N-methyl/N-ethyl adjacent to an activating group) is 1. The molecule has 116 valence electrons. The number of hydrogen-bond donors (Lipinski definition) is 3. The third-order valence-corrected chi connectivity index (χ3v) is 2.82. The molecule has 0 fully saturated rings.